The van der Waals surface area contributed by atoms with E-state index >= 15 is 0 Å². The Kier molecular flexibility index (Phi) is 7.98. The number of hydroxylamine groups is 1. The van der Waals surface area contributed by atoms with Crippen molar-refractivity contribution in [3.8, 4) is 16.9 Å². The van der Waals surface area contributed by atoms with Crippen LogP contribution in [0.5, 0.6) is 5.75 Å². The molecule has 4 rings (SSSR count). The molecule has 0 atom stereocenters. The smallest absolute Gasteiger partial charge is 0.267 e. The van der Waals surface area contributed by atoms with Crippen molar-refractivity contribution >= 4 is 22.0 Å². The Hall–Kier alpha value is -3.44. The van der Waals surface area contributed by atoms with E-state index in [1.807, 2.05) is 24.3 Å². The summed E-state index contributed by atoms with van der Waals surface area (Å²) < 4.78 is 38.2. The minimum absolute atomic E-state index is 0.142. The third-order valence-corrected chi connectivity index (χ3v) is 7.27. The number of carbonyl (C=O) groups is 1. The Morgan fingerprint density at radius 3 is 2.34 bits per heavy atom. The Bertz CT molecular complexity index is 1260. The summed E-state index contributed by atoms with van der Waals surface area (Å²) in [6.45, 7) is 4.86. The highest BCUT2D eigenvalue weighted by Gasteiger charge is 2.16. The molecule has 1 fully saturated rings. The first-order chi connectivity index (χ1) is 17.0. The predicted molar refractivity (Wildman–Crippen MR) is 131 cm³/mol. The Balaban J connectivity index is 1.37. The quantitative estimate of drug-likeness (QED) is 0.266. The van der Waals surface area contributed by atoms with Crippen LogP contribution in [-0.4, -0.2) is 67.9 Å². The molecule has 2 aromatic carbocycles. The number of nitrogens with one attached hydrogen (secondary N) is 1. The van der Waals surface area contributed by atoms with Gasteiger partial charge >= 0.3 is 0 Å². The summed E-state index contributed by atoms with van der Waals surface area (Å²) >= 11 is 0. The Labute approximate surface area is 204 Å². The van der Waals surface area contributed by atoms with Gasteiger partial charge in [0, 0.05) is 38.1 Å². The number of hydrogen-bond donors (Lipinski definition) is 2. The highest BCUT2D eigenvalue weighted by molar-refractivity contribution is 7.90. The fourth-order valence-electron chi connectivity index (χ4n) is 3.65. The van der Waals surface area contributed by atoms with Crippen LogP contribution >= 0.6 is 0 Å². The van der Waals surface area contributed by atoms with Crippen molar-refractivity contribution in [2.45, 2.75) is 4.90 Å². The van der Waals surface area contributed by atoms with Gasteiger partial charge in [0.15, 0.2) is 0 Å². The average molecular weight is 498 g/mol. The van der Waals surface area contributed by atoms with Gasteiger partial charge in [0.1, 0.15) is 12.4 Å². The van der Waals surface area contributed by atoms with E-state index in [9.17, 15) is 13.2 Å². The molecule has 0 radical (unpaired) electrons. The number of morpholine rings is 1. The number of carbonyl (C=O) groups excluding carboxylic acids is 1. The van der Waals surface area contributed by atoms with E-state index < -0.39 is 15.9 Å². The second-order valence-electron chi connectivity index (χ2n) is 7.94. The van der Waals surface area contributed by atoms with Crippen LogP contribution in [-0.2, 0) is 19.6 Å². The minimum Gasteiger partial charge on any atom is -0.492 e. The SMILES string of the molecule is O=C(/C=C/c1ccn(S(=O)(=O)c2ccc(-c3ccc(OCCN4CCOCC4)cc3)cc2)c1)NO. The van der Waals surface area contributed by atoms with E-state index in [0.717, 1.165) is 59.8 Å². The molecule has 3 aromatic rings. The number of ether oxygens (including phenoxy) is 2. The van der Waals surface area contributed by atoms with Crippen LogP contribution in [0.3, 0.4) is 0 Å². The fourth-order valence-corrected chi connectivity index (χ4v) is 4.86. The molecule has 0 spiro atoms. The molecule has 184 valence electrons. The molecule has 1 saturated heterocycles. The first-order valence-corrected chi connectivity index (χ1v) is 12.6. The van der Waals surface area contributed by atoms with Crippen LogP contribution < -0.4 is 10.2 Å². The van der Waals surface area contributed by atoms with E-state index in [0.29, 0.717) is 12.2 Å². The highest BCUT2D eigenvalue weighted by atomic mass is 32.2. The van der Waals surface area contributed by atoms with Gasteiger partial charge in [-0.2, -0.15) is 0 Å². The molecule has 1 aliphatic heterocycles. The van der Waals surface area contributed by atoms with Crippen molar-refractivity contribution in [2.24, 2.45) is 0 Å². The molecule has 10 heteroatoms. The second-order valence-corrected chi connectivity index (χ2v) is 9.78. The van der Waals surface area contributed by atoms with E-state index in [1.54, 1.807) is 30.3 Å². The zero-order chi connectivity index (χ0) is 24.7. The summed E-state index contributed by atoms with van der Waals surface area (Å²) in [7, 11) is -3.79. The monoisotopic (exact) mass is 497 g/mol. The van der Waals surface area contributed by atoms with E-state index in [-0.39, 0.29) is 4.90 Å². The lowest BCUT2D eigenvalue weighted by atomic mass is 10.1. The van der Waals surface area contributed by atoms with Crippen molar-refractivity contribution in [3.63, 3.8) is 0 Å². The molecule has 0 saturated carbocycles. The molecule has 1 amide bonds. The number of hydrogen-bond acceptors (Lipinski definition) is 7. The lowest BCUT2D eigenvalue weighted by molar-refractivity contribution is -0.124. The van der Waals surface area contributed by atoms with Gasteiger partial charge in [0.2, 0.25) is 0 Å². The third kappa shape index (κ3) is 6.37. The van der Waals surface area contributed by atoms with Crippen molar-refractivity contribution in [1.29, 1.82) is 0 Å². The normalized spacial score (nSPS) is 14.8. The lowest BCUT2D eigenvalue weighted by Crippen LogP contribution is -2.38. The molecule has 0 unspecified atom stereocenters. The maximum absolute atomic E-state index is 12.9. The third-order valence-electron chi connectivity index (χ3n) is 5.62. The number of benzene rings is 2. The molecular weight excluding hydrogens is 470 g/mol. The molecule has 9 nitrogen and oxygen atoms in total. The van der Waals surface area contributed by atoms with Crippen LogP contribution in [0.25, 0.3) is 17.2 Å². The van der Waals surface area contributed by atoms with Gasteiger partial charge in [0.25, 0.3) is 15.9 Å². The number of aromatic nitrogens is 1. The van der Waals surface area contributed by atoms with Crippen LogP contribution in [0.15, 0.2) is 78.0 Å². The van der Waals surface area contributed by atoms with Crippen molar-refractivity contribution in [2.75, 3.05) is 39.5 Å². The molecule has 1 aromatic heterocycles. The van der Waals surface area contributed by atoms with Crippen LogP contribution in [0.1, 0.15) is 5.56 Å². The largest absolute Gasteiger partial charge is 0.492 e. The summed E-state index contributed by atoms with van der Waals surface area (Å²) in [5, 5.41) is 8.53. The van der Waals surface area contributed by atoms with E-state index in [2.05, 4.69) is 4.90 Å². The van der Waals surface area contributed by atoms with E-state index in [1.165, 1.54) is 23.9 Å². The predicted octanol–water partition coefficient (Wildman–Crippen LogP) is 2.62. The lowest BCUT2D eigenvalue weighted by Gasteiger charge is -2.26. The molecule has 1 aliphatic rings. The maximum Gasteiger partial charge on any atom is 0.267 e. The van der Waals surface area contributed by atoms with Gasteiger partial charge in [-0.05, 0) is 53.1 Å². The van der Waals surface area contributed by atoms with Gasteiger partial charge in [-0.3, -0.25) is 14.9 Å². The van der Waals surface area contributed by atoms with Gasteiger partial charge in [-0.15, -0.1) is 0 Å². The molecular formula is C25H27N3O6S. The zero-order valence-corrected chi connectivity index (χ0v) is 19.9. The molecule has 35 heavy (non-hydrogen) atoms. The van der Waals surface area contributed by atoms with Gasteiger partial charge in [0.05, 0.1) is 18.1 Å². The fraction of sp³-hybridized carbons (Fsp3) is 0.240. The molecule has 2 heterocycles. The van der Waals surface area contributed by atoms with Crippen molar-refractivity contribution < 1.29 is 27.9 Å². The first-order valence-electron chi connectivity index (χ1n) is 11.1. The number of rotatable bonds is 9. The molecule has 0 aliphatic carbocycles. The average Bonchev–Trinajstić information content (AvgIpc) is 3.38. The van der Waals surface area contributed by atoms with Crippen molar-refractivity contribution in [3.05, 3.63) is 78.6 Å². The van der Waals surface area contributed by atoms with Gasteiger partial charge in [-0.25, -0.2) is 17.9 Å². The topological polar surface area (TPSA) is 110 Å². The summed E-state index contributed by atoms with van der Waals surface area (Å²) in [5.74, 6) is 0.0823. The van der Waals surface area contributed by atoms with E-state index in [4.69, 9.17) is 14.7 Å². The summed E-state index contributed by atoms with van der Waals surface area (Å²) in [5.41, 5.74) is 3.81. The standard InChI is InChI=1S/C25H27N3O6S/c29-25(26-30)10-1-20-11-12-28(19-20)35(31,32)24-8-4-22(5-9-24)21-2-6-23(7-3-21)34-18-15-27-13-16-33-17-14-27/h1-12,19,30H,13-18H2,(H,26,29)/b10-1+. The first kappa shape index (κ1) is 24.7. The minimum atomic E-state index is -3.79. The highest BCUT2D eigenvalue weighted by Crippen LogP contribution is 2.25. The van der Waals surface area contributed by atoms with Crippen molar-refractivity contribution in [1.82, 2.24) is 14.4 Å². The summed E-state index contributed by atoms with van der Waals surface area (Å²) in [6.07, 6.45) is 5.29. The second kappa shape index (κ2) is 11.3. The molecule has 0 bridgehead atoms. The van der Waals surface area contributed by atoms with Crippen LogP contribution in [0.2, 0.25) is 0 Å². The zero-order valence-electron chi connectivity index (χ0n) is 19.0. The van der Waals surface area contributed by atoms with Crippen LogP contribution in [0.4, 0.5) is 0 Å². The number of amides is 1. The summed E-state index contributed by atoms with van der Waals surface area (Å²) in [6, 6.07) is 15.9. The summed E-state index contributed by atoms with van der Waals surface area (Å²) in [4.78, 5) is 13.6. The maximum atomic E-state index is 12.9. The van der Waals surface area contributed by atoms with Crippen LogP contribution in [0, 0.1) is 0 Å². The Morgan fingerprint density at radius 1 is 1.03 bits per heavy atom. The Morgan fingerprint density at radius 2 is 1.69 bits per heavy atom. The van der Waals surface area contributed by atoms with Gasteiger partial charge < -0.3 is 9.47 Å². The van der Waals surface area contributed by atoms with Gasteiger partial charge in [-0.1, -0.05) is 24.3 Å². The number of nitrogens with zero attached hydrogens (tertiary/aromatic N) is 2. The molecule has 2 N–H and O–H groups in total.